The van der Waals surface area contributed by atoms with Gasteiger partial charge in [-0.05, 0) is 57.9 Å². The zero-order valence-electron chi connectivity index (χ0n) is 20.0. The molecule has 1 N–H and O–H groups in total. The molecule has 1 amide bonds. The molecule has 0 radical (unpaired) electrons. The Bertz CT molecular complexity index is 1270. The van der Waals surface area contributed by atoms with Gasteiger partial charge in [0.1, 0.15) is 23.3 Å². The van der Waals surface area contributed by atoms with E-state index < -0.39 is 11.4 Å². The van der Waals surface area contributed by atoms with E-state index in [0.717, 1.165) is 38.3 Å². The lowest BCUT2D eigenvalue weighted by atomic mass is 9.73. The first-order chi connectivity index (χ1) is 16.6. The van der Waals surface area contributed by atoms with Crippen LogP contribution >= 0.6 is 11.6 Å². The average molecular weight is 499 g/mol. The van der Waals surface area contributed by atoms with Crippen molar-refractivity contribution in [2.75, 3.05) is 36.4 Å². The van der Waals surface area contributed by atoms with Crippen LogP contribution in [0.1, 0.15) is 33.6 Å². The van der Waals surface area contributed by atoms with E-state index in [1.54, 1.807) is 12.1 Å². The second-order valence-corrected chi connectivity index (χ2v) is 10.8. The summed E-state index contributed by atoms with van der Waals surface area (Å²) in [5, 5.41) is 3.03. The van der Waals surface area contributed by atoms with Gasteiger partial charge in [0, 0.05) is 31.6 Å². The van der Waals surface area contributed by atoms with Crippen LogP contribution in [0.5, 0.6) is 0 Å². The van der Waals surface area contributed by atoms with Gasteiger partial charge in [0.2, 0.25) is 0 Å². The topological polar surface area (TPSA) is 83.5 Å². The number of hydrogen-bond donors (Lipinski definition) is 1. The van der Waals surface area contributed by atoms with Crippen LogP contribution < -0.4 is 10.2 Å². The predicted molar refractivity (Wildman–Crippen MR) is 134 cm³/mol. The summed E-state index contributed by atoms with van der Waals surface area (Å²) in [6.07, 6.45) is 3.17. The van der Waals surface area contributed by atoms with Crippen LogP contribution in [0.15, 0.2) is 36.7 Å². The summed E-state index contributed by atoms with van der Waals surface area (Å²) in [4.78, 5) is 30.0. The van der Waals surface area contributed by atoms with Crippen molar-refractivity contribution in [3.8, 4) is 0 Å². The van der Waals surface area contributed by atoms with Crippen LogP contribution in [0.3, 0.4) is 0 Å². The number of carbonyl (C=O) groups is 1. The summed E-state index contributed by atoms with van der Waals surface area (Å²) in [6.45, 7) is 8.64. The van der Waals surface area contributed by atoms with E-state index in [2.05, 4.69) is 20.2 Å². The summed E-state index contributed by atoms with van der Waals surface area (Å²) in [6, 6.07) is 8.57. The zero-order valence-corrected chi connectivity index (χ0v) is 20.8. The maximum atomic E-state index is 14.4. The molecule has 0 bridgehead atoms. The molecule has 0 aliphatic carbocycles. The zero-order chi connectivity index (χ0) is 24.8. The summed E-state index contributed by atoms with van der Waals surface area (Å²) in [5.74, 6) is 0.651. The van der Waals surface area contributed by atoms with Crippen molar-refractivity contribution in [3.63, 3.8) is 0 Å². The highest BCUT2D eigenvalue weighted by atomic mass is 35.5. The fourth-order valence-corrected chi connectivity index (χ4v) is 4.97. The van der Waals surface area contributed by atoms with Crippen LogP contribution in [0.4, 0.5) is 26.5 Å². The van der Waals surface area contributed by atoms with Crippen molar-refractivity contribution >= 4 is 46.1 Å². The summed E-state index contributed by atoms with van der Waals surface area (Å²) in [7, 11) is 0. The molecule has 35 heavy (non-hydrogen) atoms. The maximum absolute atomic E-state index is 14.4. The van der Waals surface area contributed by atoms with E-state index in [4.69, 9.17) is 21.3 Å². The van der Waals surface area contributed by atoms with Crippen molar-refractivity contribution < 1.29 is 13.9 Å². The largest absolute Gasteiger partial charge is 0.444 e. The Labute approximate surface area is 208 Å². The van der Waals surface area contributed by atoms with E-state index in [1.807, 2.05) is 37.8 Å². The fraction of sp³-hybridized carbons (Fsp3) is 0.440. The van der Waals surface area contributed by atoms with Crippen molar-refractivity contribution in [2.24, 2.45) is 5.41 Å². The molecule has 1 aromatic carbocycles. The van der Waals surface area contributed by atoms with Crippen molar-refractivity contribution in [3.05, 3.63) is 47.5 Å². The van der Waals surface area contributed by atoms with Gasteiger partial charge in [0.05, 0.1) is 16.2 Å². The fourth-order valence-electron chi connectivity index (χ4n) is 4.80. The third-order valence-corrected chi connectivity index (χ3v) is 6.65. The third kappa shape index (κ3) is 4.82. The molecule has 8 nitrogen and oxygen atoms in total. The number of amides is 1. The number of carbonyl (C=O) groups excluding carboxylic acids is 1. The van der Waals surface area contributed by atoms with Gasteiger partial charge in [-0.15, -0.1) is 0 Å². The standard InChI is InChI=1S/C25H28ClFN6O2/c1-24(2,3)35-23(34)32-11-5-10-25(12-32)13-33(14-25)19-9-8-18-21(31-19)22(29-15-28-18)30-17-7-4-6-16(26)20(17)27/h4,6-9,15H,5,10-14H2,1-3H3,(H,28,29,30). The highest BCUT2D eigenvalue weighted by Gasteiger charge is 2.47. The predicted octanol–water partition coefficient (Wildman–Crippen LogP) is 5.40. The van der Waals surface area contributed by atoms with Gasteiger partial charge in [-0.2, -0.15) is 0 Å². The molecule has 4 heterocycles. The molecule has 2 aliphatic heterocycles. The lowest BCUT2D eigenvalue weighted by Crippen LogP contribution is -2.64. The second-order valence-electron chi connectivity index (χ2n) is 10.3. The minimum absolute atomic E-state index is 0.0285. The molecule has 3 aromatic rings. The van der Waals surface area contributed by atoms with E-state index >= 15 is 0 Å². The van der Waals surface area contributed by atoms with Crippen molar-refractivity contribution in [1.82, 2.24) is 19.9 Å². The maximum Gasteiger partial charge on any atom is 0.410 e. The first-order valence-corrected chi connectivity index (χ1v) is 12.1. The van der Waals surface area contributed by atoms with Crippen LogP contribution in [0.25, 0.3) is 11.0 Å². The Hall–Kier alpha value is -3.20. The molecule has 184 valence electrons. The Morgan fingerprint density at radius 3 is 2.74 bits per heavy atom. The SMILES string of the molecule is CC(C)(C)OC(=O)N1CCCC2(C1)CN(c1ccc3ncnc(Nc4cccc(Cl)c4F)c3n1)C2. The number of halogens is 2. The van der Waals surface area contributed by atoms with Gasteiger partial charge in [-0.25, -0.2) is 24.1 Å². The molecule has 0 saturated carbocycles. The number of pyridine rings is 1. The van der Waals surface area contributed by atoms with E-state index in [0.29, 0.717) is 23.4 Å². The highest BCUT2D eigenvalue weighted by Crippen LogP contribution is 2.41. The number of piperidine rings is 1. The molecule has 0 unspecified atom stereocenters. The number of benzene rings is 1. The molecule has 1 spiro atoms. The number of rotatable bonds is 3. The van der Waals surface area contributed by atoms with Crippen molar-refractivity contribution in [1.29, 1.82) is 0 Å². The minimum atomic E-state index is -0.548. The molecular formula is C25H28ClFN6O2. The molecule has 5 rings (SSSR count). The smallest absolute Gasteiger partial charge is 0.410 e. The molecule has 2 aliphatic rings. The van der Waals surface area contributed by atoms with E-state index in [1.165, 1.54) is 12.4 Å². The van der Waals surface area contributed by atoms with Crippen LogP contribution in [0, 0.1) is 11.2 Å². The van der Waals surface area contributed by atoms with Crippen LogP contribution in [0.2, 0.25) is 5.02 Å². The number of nitrogens with one attached hydrogen (secondary N) is 1. The second kappa shape index (κ2) is 8.78. The Balaban J connectivity index is 1.33. The van der Waals surface area contributed by atoms with Gasteiger partial charge in [-0.1, -0.05) is 17.7 Å². The monoisotopic (exact) mass is 498 g/mol. The molecule has 0 atom stereocenters. The number of fused-ring (bicyclic) bond motifs is 1. The first-order valence-electron chi connectivity index (χ1n) is 11.7. The number of nitrogens with zero attached hydrogens (tertiary/aromatic N) is 5. The number of ether oxygens (including phenoxy) is 1. The molecule has 2 aromatic heterocycles. The van der Waals surface area contributed by atoms with Gasteiger partial charge in [0.25, 0.3) is 0 Å². The summed E-state index contributed by atoms with van der Waals surface area (Å²) >= 11 is 5.92. The molecule has 10 heteroatoms. The quantitative estimate of drug-likeness (QED) is 0.517. The number of likely N-dealkylation sites (tertiary alicyclic amines) is 1. The van der Waals surface area contributed by atoms with Gasteiger partial charge >= 0.3 is 6.09 Å². The van der Waals surface area contributed by atoms with Gasteiger partial charge < -0.3 is 19.9 Å². The van der Waals surface area contributed by atoms with Gasteiger partial charge in [-0.3, -0.25) is 0 Å². The summed E-state index contributed by atoms with van der Waals surface area (Å²) in [5.41, 5.74) is 0.938. The average Bonchev–Trinajstić information content (AvgIpc) is 2.79. The summed E-state index contributed by atoms with van der Waals surface area (Å²) < 4.78 is 20.0. The number of anilines is 3. The first kappa shape index (κ1) is 23.5. The molecular weight excluding hydrogens is 471 g/mol. The lowest BCUT2D eigenvalue weighted by molar-refractivity contribution is -0.00154. The third-order valence-electron chi connectivity index (χ3n) is 6.36. The Kier molecular flexibility index (Phi) is 5.91. The number of aromatic nitrogens is 3. The van der Waals surface area contributed by atoms with Crippen LogP contribution in [-0.4, -0.2) is 57.7 Å². The van der Waals surface area contributed by atoms with Gasteiger partial charge in [0.15, 0.2) is 11.6 Å². The number of hydrogen-bond acceptors (Lipinski definition) is 7. The molecule has 2 fully saturated rings. The highest BCUT2D eigenvalue weighted by molar-refractivity contribution is 6.31. The molecule has 2 saturated heterocycles. The lowest BCUT2D eigenvalue weighted by Gasteiger charge is -2.54. The van der Waals surface area contributed by atoms with E-state index in [-0.39, 0.29) is 22.2 Å². The Morgan fingerprint density at radius 1 is 1.17 bits per heavy atom. The Morgan fingerprint density at radius 2 is 1.97 bits per heavy atom. The van der Waals surface area contributed by atoms with Crippen LogP contribution in [-0.2, 0) is 4.74 Å². The minimum Gasteiger partial charge on any atom is -0.444 e. The normalized spacial score (nSPS) is 17.4. The van der Waals surface area contributed by atoms with Crippen molar-refractivity contribution in [2.45, 2.75) is 39.2 Å². The van der Waals surface area contributed by atoms with E-state index in [9.17, 15) is 9.18 Å².